The van der Waals surface area contributed by atoms with Gasteiger partial charge >= 0.3 is 5.69 Å². The molecule has 0 fully saturated rings. The molecule has 1 aliphatic heterocycles. The van der Waals surface area contributed by atoms with Gasteiger partial charge in [-0.15, -0.1) is 0 Å². The standard InChI is InChI=1S/C13H15N3O5S/c1-22(18,19)16-8-9(6-7-12-14-13(17)15-21-12)20-11-5-3-2-4-10(11)16/h2-5,9H,6-8H2,1H3,(H,15,17)/t9-/m0/s1. The maximum Gasteiger partial charge on any atom is 0.377 e. The molecule has 22 heavy (non-hydrogen) atoms. The van der Waals surface area contributed by atoms with Crippen LogP contribution in [0.5, 0.6) is 5.75 Å². The van der Waals surface area contributed by atoms with Gasteiger partial charge < -0.3 is 9.26 Å². The number of para-hydroxylation sites is 2. The van der Waals surface area contributed by atoms with Gasteiger partial charge in [0.2, 0.25) is 15.9 Å². The molecule has 3 rings (SSSR count). The molecule has 0 spiro atoms. The van der Waals surface area contributed by atoms with Crippen molar-refractivity contribution in [1.29, 1.82) is 0 Å². The van der Waals surface area contributed by atoms with Crippen LogP contribution in [-0.2, 0) is 16.4 Å². The highest BCUT2D eigenvalue weighted by Crippen LogP contribution is 2.35. The summed E-state index contributed by atoms with van der Waals surface area (Å²) >= 11 is 0. The van der Waals surface area contributed by atoms with Crippen LogP contribution in [0, 0.1) is 0 Å². The minimum atomic E-state index is -3.39. The Labute approximate surface area is 126 Å². The molecule has 1 aliphatic rings. The molecule has 1 atom stereocenters. The third kappa shape index (κ3) is 2.98. The summed E-state index contributed by atoms with van der Waals surface area (Å²) in [6.45, 7) is 0.213. The number of ether oxygens (including phenoxy) is 1. The van der Waals surface area contributed by atoms with Crippen LogP contribution in [0.1, 0.15) is 12.3 Å². The summed E-state index contributed by atoms with van der Waals surface area (Å²) < 4.78 is 36.0. The monoisotopic (exact) mass is 325 g/mol. The van der Waals surface area contributed by atoms with Gasteiger partial charge in [0.15, 0.2) is 0 Å². The predicted octanol–water partition coefficient (Wildman–Crippen LogP) is 0.523. The van der Waals surface area contributed by atoms with Crippen LogP contribution in [-0.4, -0.2) is 37.5 Å². The summed E-state index contributed by atoms with van der Waals surface area (Å²) in [5.74, 6) is 0.797. The number of aromatic amines is 1. The average molecular weight is 325 g/mol. The Hall–Kier alpha value is -2.29. The zero-order valence-corrected chi connectivity index (χ0v) is 12.7. The summed E-state index contributed by atoms with van der Waals surface area (Å²) in [5, 5.41) is 2.12. The van der Waals surface area contributed by atoms with Gasteiger partial charge in [-0.1, -0.05) is 12.1 Å². The Morgan fingerprint density at radius 1 is 1.41 bits per heavy atom. The lowest BCUT2D eigenvalue weighted by Gasteiger charge is -2.34. The van der Waals surface area contributed by atoms with Crippen molar-refractivity contribution in [2.24, 2.45) is 0 Å². The fourth-order valence-corrected chi connectivity index (χ4v) is 3.33. The molecule has 8 nitrogen and oxygen atoms in total. The molecular formula is C13H15N3O5S. The summed E-state index contributed by atoms with van der Waals surface area (Å²) in [5.41, 5.74) is -0.00442. The van der Waals surface area contributed by atoms with E-state index < -0.39 is 15.7 Å². The molecule has 9 heteroatoms. The number of sulfonamides is 1. The SMILES string of the molecule is CS(=O)(=O)N1C[C@H](CCc2nc(=O)[nH]o2)Oc2ccccc21. The smallest absolute Gasteiger partial charge is 0.377 e. The van der Waals surface area contributed by atoms with E-state index in [0.717, 1.165) is 0 Å². The number of nitrogens with zero attached hydrogens (tertiary/aromatic N) is 2. The largest absolute Gasteiger partial charge is 0.486 e. The number of nitrogens with one attached hydrogen (secondary N) is 1. The van der Waals surface area contributed by atoms with Crippen LogP contribution in [0.3, 0.4) is 0 Å². The number of hydrogen-bond acceptors (Lipinski definition) is 6. The number of benzene rings is 1. The lowest BCUT2D eigenvalue weighted by atomic mass is 10.1. The highest BCUT2D eigenvalue weighted by Gasteiger charge is 2.30. The molecule has 2 aromatic rings. The van der Waals surface area contributed by atoms with E-state index in [9.17, 15) is 13.2 Å². The van der Waals surface area contributed by atoms with Gasteiger partial charge in [-0.05, 0) is 18.6 Å². The maximum absolute atomic E-state index is 12.0. The average Bonchev–Trinajstić information content (AvgIpc) is 2.89. The van der Waals surface area contributed by atoms with E-state index in [0.29, 0.717) is 24.3 Å². The van der Waals surface area contributed by atoms with Gasteiger partial charge in [0.1, 0.15) is 11.9 Å². The third-order valence-electron chi connectivity index (χ3n) is 3.36. The van der Waals surface area contributed by atoms with Gasteiger partial charge in [-0.3, -0.25) is 4.31 Å². The number of fused-ring (bicyclic) bond motifs is 1. The van der Waals surface area contributed by atoms with Crippen LogP contribution in [0.15, 0.2) is 33.6 Å². The summed E-state index contributed by atoms with van der Waals surface area (Å²) in [7, 11) is -3.39. The van der Waals surface area contributed by atoms with E-state index >= 15 is 0 Å². The fourth-order valence-electron chi connectivity index (χ4n) is 2.38. The minimum Gasteiger partial charge on any atom is -0.486 e. The molecule has 0 saturated carbocycles. The molecular weight excluding hydrogens is 310 g/mol. The Balaban J connectivity index is 1.79. The van der Waals surface area contributed by atoms with Crippen LogP contribution >= 0.6 is 0 Å². The lowest BCUT2D eigenvalue weighted by molar-refractivity contribution is 0.185. The first kappa shape index (κ1) is 14.6. The number of aryl methyl sites for hydroxylation is 1. The number of rotatable bonds is 4. The van der Waals surface area contributed by atoms with Gasteiger partial charge in [0, 0.05) is 6.42 Å². The van der Waals surface area contributed by atoms with E-state index in [4.69, 9.17) is 9.26 Å². The first-order valence-corrected chi connectivity index (χ1v) is 8.56. The van der Waals surface area contributed by atoms with E-state index in [-0.39, 0.29) is 18.5 Å². The van der Waals surface area contributed by atoms with Crippen LogP contribution in [0.2, 0.25) is 0 Å². The molecule has 0 unspecified atom stereocenters. The maximum atomic E-state index is 12.0. The van der Waals surface area contributed by atoms with Crippen molar-refractivity contribution in [2.45, 2.75) is 18.9 Å². The number of anilines is 1. The summed E-state index contributed by atoms with van der Waals surface area (Å²) in [4.78, 5) is 14.6. The topological polar surface area (TPSA) is 106 Å². The van der Waals surface area contributed by atoms with E-state index in [1.165, 1.54) is 10.6 Å². The fraction of sp³-hybridized carbons (Fsp3) is 0.385. The molecule has 0 aliphatic carbocycles. The molecule has 0 amide bonds. The van der Waals surface area contributed by atoms with Crippen molar-refractivity contribution in [1.82, 2.24) is 10.1 Å². The van der Waals surface area contributed by atoms with Gasteiger partial charge in [0.25, 0.3) is 0 Å². The molecule has 118 valence electrons. The Bertz CT molecular complexity index is 826. The normalized spacial score (nSPS) is 17.9. The Kier molecular flexibility index (Phi) is 3.65. The molecule has 2 heterocycles. The second kappa shape index (κ2) is 5.48. The van der Waals surface area contributed by atoms with Crippen molar-refractivity contribution >= 4 is 15.7 Å². The van der Waals surface area contributed by atoms with Crippen molar-refractivity contribution in [3.8, 4) is 5.75 Å². The summed E-state index contributed by atoms with van der Waals surface area (Å²) in [6.07, 6.45) is 1.68. The van der Waals surface area contributed by atoms with Gasteiger partial charge in [-0.2, -0.15) is 10.1 Å². The van der Waals surface area contributed by atoms with E-state index in [2.05, 4.69) is 10.1 Å². The molecule has 1 aromatic carbocycles. The molecule has 1 aromatic heterocycles. The molecule has 1 N–H and O–H groups in total. The first-order valence-electron chi connectivity index (χ1n) is 6.71. The van der Waals surface area contributed by atoms with Crippen LogP contribution in [0.25, 0.3) is 0 Å². The van der Waals surface area contributed by atoms with Crippen LogP contribution < -0.4 is 14.7 Å². The predicted molar refractivity (Wildman–Crippen MR) is 78.5 cm³/mol. The third-order valence-corrected chi connectivity index (χ3v) is 4.51. The number of hydrogen-bond donors (Lipinski definition) is 1. The Morgan fingerprint density at radius 3 is 2.86 bits per heavy atom. The van der Waals surface area contributed by atoms with Gasteiger partial charge in [0.05, 0.1) is 18.5 Å². The second-order valence-corrected chi connectivity index (χ2v) is 6.96. The first-order chi connectivity index (χ1) is 10.4. The van der Waals surface area contributed by atoms with Crippen LogP contribution in [0.4, 0.5) is 5.69 Å². The van der Waals surface area contributed by atoms with Crippen molar-refractivity contribution < 1.29 is 17.7 Å². The highest BCUT2D eigenvalue weighted by atomic mass is 32.2. The lowest BCUT2D eigenvalue weighted by Crippen LogP contribution is -2.43. The molecule has 0 radical (unpaired) electrons. The van der Waals surface area contributed by atoms with Gasteiger partial charge in [-0.25, -0.2) is 13.2 Å². The number of H-pyrrole nitrogens is 1. The van der Waals surface area contributed by atoms with Crippen molar-refractivity contribution in [2.75, 3.05) is 17.1 Å². The molecule has 0 bridgehead atoms. The minimum absolute atomic E-state index is 0.213. The molecule has 0 saturated heterocycles. The quantitative estimate of drug-likeness (QED) is 0.878. The summed E-state index contributed by atoms with van der Waals surface area (Å²) in [6, 6.07) is 6.99. The number of aromatic nitrogens is 2. The van der Waals surface area contributed by atoms with Crippen molar-refractivity contribution in [3.63, 3.8) is 0 Å². The van der Waals surface area contributed by atoms with Crippen molar-refractivity contribution in [3.05, 3.63) is 40.6 Å². The second-order valence-electron chi connectivity index (χ2n) is 5.06. The van der Waals surface area contributed by atoms with E-state index in [1.807, 2.05) is 0 Å². The Morgan fingerprint density at radius 2 is 2.18 bits per heavy atom. The highest BCUT2D eigenvalue weighted by molar-refractivity contribution is 7.92. The zero-order valence-electron chi connectivity index (χ0n) is 11.9. The van der Waals surface area contributed by atoms with E-state index in [1.54, 1.807) is 24.3 Å². The zero-order chi connectivity index (χ0) is 15.7.